The van der Waals surface area contributed by atoms with Gasteiger partial charge in [0.15, 0.2) is 0 Å². The molecular weight excluding hydrogens is 733 g/mol. The number of rotatable bonds is 24. The second-order valence-corrected chi connectivity index (χ2v) is 16.4. The lowest BCUT2D eigenvalue weighted by atomic mass is 9.92. The number of hydrogen-bond acceptors (Lipinski definition) is 4. The maximum atomic E-state index is 12.9. The predicted octanol–water partition coefficient (Wildman–Crippen LogP) is 14.2. The molecule has 0 heterocycles. The summed E-state index contributed by atoms with van der Waals surface area (Å²) in [5.41, 5.74) is 4.61. The molecule has 0 saturated carbocycles. The fourth-order valence-corrected chi connectivity index (χ4v) is 7.93. The van der Waals surface area contributed by atoms with E-state index in [0.717, 1.165) is 69.7 Å². The van der Waals surface area contributed by atoms with Gasteiger partial charge in [-0.25, -0.2) is 0 Å². The summed E-state index contributed by atoms with van der Waals surface area (Å²) >= 11 is 0. The third-order valence-corrected chi connectivity index (χ3v) is 11.5. The van der Waals surface area contributed by atoms with Crippen LogP contribution in [-0.4, -0.2) is 13.1 Å². The molecule has 0 aromatic heterocycles. The number of unbranched alkanes of at least 4 members (excludes halogenated alkanes) is 18. The molecule has 0 spiro atoms. The van der Waals surface area contributed by atoms with E-state index in [2.05, 4.69) is 72.4 Å². The van der Waals surface area contributed by atoms with Crippen molar-refractivity contribution in [3.8, 4) is 23.7 Å². The minimum atomic E-state index is -0.0238. The zero-order valence-corrected chi connectivity index (χ0v) is 36.6. The molecule has 4 nitrogen and oxygen atoms in total. The minimum absolute atomic E-state index is 0.0238. The Hall–Kier alpha value is -5.32. The van der Waals surface area contributed by atoms with Crippen molar-refractivity contribution in [1.29, 1.82) is 0 Å². The van der Waals surface area contributed by atoms with Crippen molar-refractivity contribution >= 4 is 32.9 Å². The van der Waals surface area contributed by atoms with E-state index < -0.39 is 0 Å². The highest BCUT2D eigenvalue weighted by Crippen LogP contribution is 2.32. The fourth-order valence-electron chi connectivity index (χ4n) is 7.93. The first-order valence-electron chi connectivity index (χ1n) is 23.3. The Kier molecular flexibility index (Phi) is 20.4. The Morgan fingerprint density at radius 1 is 0.350 bits per heavy atom. The monoisotopic (exact) mass is 801 g/mol. The van der Waals surface area contributed by atoms with Gasteiger partial charge in [0.1, 0.15) is 0 Å². The average Bonchev–Trinajstić information content (AvgIpc) is 3.56. The van der Waals surface area contributed by atoms with Crippen molar-refractivity contribution in [2.75, 3.05) is 23.7 Å². The summed E-state index contributed by atoms with van der Waals surface area (Å²) in [6.07, 6.45) is 25.8. The van der Waals surface area contributed by atoms with Crippen LogP contribution < -0.4 is 21.5 Å². The van der Waals surface area contributed by atoms with Crippen molar-refractivity contribution in [3.63, 3.8) is 0 Å². The molecule has 0 fully saturated rings. The Morgan fingerprint density at radius 3 is 0.983 bits per heavy atom. The smallest absolute Gasteiger partial charge is 0.201 e. The Labute approximate surface area is 361 Å². The second kappa shape index (κ2) is 26.7. The highest BCUT2D eigenvalue weighted by atomic mass is 16.1. The molecule has 0 unspecified atom stereocenters. The molecule has 5 rings (SSSR count). The van der Waals surface area contributed by atoms with E-state index in [0.29, 0.717) is 11.4 Å². The summed E-state index contributed by atoms with van der Waals surface area (Å²) in [6, 6.07) is 31.1. The number of benzene rings is 3. The van der Waals surface area contributed by atoms with Gasteiger partial charge < -0.3 is 10.6 Å². The SMILES string of the molecule is CCCCCCCCCCCCNc1ccc(C#Cc2c3ccccc3c(C#Cc3ccc(NCCCCCCCCCCCC)c(=O)cc3)c3ccccc23)ccc1=O. The van der Waals surface area contributed by atoms with Gasteiger partial charge in [0.25, 0.3) is 0 Å². The zero-order chi connectivity index (χ0) is 42.0. The maximum Gasteiger partial charge on any atom is 0.201 e. The zero-order valence-electron chi connectivity index (χ0n) is 36.6. The van der Waals surface area contributed by atoms with Crippen LogP contribution >= 0.6 is 0 Å². The third kappa shape index (κ3) is 15.1. The molecule has 0 saturated heterocycles. The summed E-state index contributed by atoms with van der Waals surface area (Å²) in [7, 11) is 0. The summed E-state index contributed by atoms with van der Waals surface area (Å²) in [5.74, 6) is 13.7. The third-order valence-electron chi connectivity index (χ3n) is 11.5. The molecular formula is C56H68N2O2. The van der Waals surface area contributed by atoms with Gasteiger partial charge in [-0.3, -0.25) is 9.59 Å². The molecule has 0 radical (unpaired) electrons. The average molecular weight is 801 g/mol. The largest absolute Gasteiger partial charge is 0.382 e. The lowest BCUT2D eigenvalue weighted by Gasteiger charge is -2.10. The topological polar surface area (TPSA) is 58.2 Å². The molecule has 5 aromatic carbocycles. The van der Waals surface area contributed by atoms with Crippen molar-refractivity contribution < 1.29 is 0 Å². The first-order chi connectivity index (χ1) is 29.6. The van der Waals surface area contributed by atoms with E-state index in [4.69, 9.17) is 0 Å². The van der Waals surface area contributed by atoms with Gasteiger partial charge >= 0.3 is 0 Å². The van der Waals surface area contributed by atoms with Crippen molar-refractivity contribution in [3.05, 3.63) is 140 Å². The molecule has 0 aliphatic carbocycles. The van der Waals surface area contributed by atoms with Gasteiger partial charge in [0, 0.05) is 35.3 Å². The van der Waals surface area contributed by atoms with Crippen molar-refractivity contribution in [2.45, 2.75) is 142 Å². The van der Waals surface area contributed by atoms with Gasteiger partial charge in [-0.1, -0.05) is 202 Å². The minimum Gasteiger partial charge on any atom is -0.382 e. The molecule has 0 aliphatic heterocycles. The first kappa shape index (κ1) is 45.8. The van der Waals surface area contributed by atoms with Crippen molar-refractivity contribution in [1.82, 2.24) is 0 Å². The van der Waals surface area contributed by atoms with E-state index in [1.807, 2.05) is 60.7 Å². The van der Waals surface area contributed by atoms with Gasteiger partial charge in [0.2, 0.25) is 10.9 Å². The Balaban J connectivity index is 1.24. The normalized spacial score (nSPS) is 10.8. The molecule has 0 amide bonds. The number of anilines is 2. The van der Waals surface area contributed by atoms with E-state index >= 15 is 0 Å². The van der Waals surface area contributed by atoms with Crippen LogP contribution in [0.15, 0.2) is 107 Å². The summed E-state index contributed by atoms with van der Waals surface area (Å²) in [4.78, 5) is 25.9. The molecule has 0 atom stereocenters. The van der Waals surface area contributed by atoms with Gasteiger partial charge in [0.05, 0.1) is 11.4 Å². The number of nitrogens with one attached hydrogen (secondary N) is 2. The van der Waals surface area contributed by atoms with Crippen LogP contribution in [0.5, 0.6) is 0 Å². The van der Waals surface area contributed by atoms with Gasteiger partial charge in [-0.2, -0.15) is 0 Å². The molecule has 4 heteroatoms. The molecule has 0 aliphatic rings. The van der Waals surface area contributed by atoms with Gasteiger partial charge in [-0.05, 0) is 82.9 Å². The Morgan fingerprint density at radius 2 is 0.650 bits per heavy atom. The van der Waals surface area contributed by atoms with E-state index in [1.165, 1.54) is 116 Å². The summed E-state index contributed by atoms with van der Waals surface area (Å²) in [5, 5.41) is 10.8. The van der Waals surface area contributed by atoms with Crippen LogP contribution in [0.1, 0.15) is 165 Å². The van der Waals surface area contributed by atoms with Crippen LogP contribution in [0.4, 0.5) is 11.4 Å². The van der Waals surface area contributed by atoms with Crippen LogP contribution in [0.25, 0.3) is 21.5 Å². The Bertz CT molecular complexity index is 2120. The van der Waals surface area contributed by atoms with Crippen LogP contribution in [-0.2, 0) is 0 Å². The van der Waals surface area contributed by atoms with E-state index in [1.54, 1.807) is 12.1 Å². The van der Waals surface area contributed by atoms with Gasteiger partial charge in [-0.15, -0.1) is 0 Å². The molecule has 5 aromatic rings. The lowest BCUT2D eigenvalue weighted by Crippen LogP contribution is -2.09. The molecule has 0 bridgehead atoms. The predicted molar refractivity (Wildman–Crippen MR) is 260 cm³/mol. The second-order valence-electron chi connectivity index (χ2n) is 16.4. The summed E-state index contributed by atoms with van der Waals surface area (Å²) < 4.78 is 0. The summed E-state index contributed by atoms with van der Waals surface area (Å²) in [6.45, 7) is 6.12. The number of hydrogen-bond donors (Lipinski definition) is 2. The highest BCUT2D eigenvalue weighted by molar-refractivity contribution is 6.09. The maximum absolute atomic E-state index is 12.9. The van der Waals surface area contributed by atoms with Crippen molar-refractivity contribution in [2.24, 2.45) is 0 Å². The lowest BCUT2D eigenvalue weighted by molar-refractivity contribution is 0.560. The molecule has 314 valence electrons. The van der Waals surface area contributed by atoms with E-state index in [-0.39, 0.29) is 10.9 Å². The van der Waals surface area contributed by atoms with Crippen LogP contribution in [0, 0.1) is 23.7 Å². The van der Waals surface area contributed by atoms with E-state index in [9.17, 15) is 9.59 Å². The van der Waals surface area contributed by atoms with Crippen LogP contribution in [0.2, 0.25) is 0 Å². The standard InChI is InChI=1S/C56H68N2O2/c1-3-5-7-9-11-13-15-17-19-25-43-57-53-39-33-45(35-41-55(53)59)31-37-51-47-27-21-23-29-49(47)52(50-30-24-22-28-48(50)51)38-32-46-34-40-54(56(60)42-36-46)58-44-26-20-18-16-14-12-10-8-6-4-2/h21-24,27-30,33-36,39-42H,3-20,25-26,43-44H2,1-2H3,(H,57,59)(H,58,60). The fraction of sp³-hybridized carbons (Fsp3) is 0.429. The highest BCUT2D eigenvalue weighted by Gasteiger charge is 2.11. The number of fused-ring (bicyclic) bond motifs is 2. The molecule has 2 N–H and O–H groups in total. The molecule has 60 heavy (non-hydrogen) atoms. The van der Waals surface area contributed by atoms with Crippen LogP contribution in [0.3, 0.4) is 0 Å². The quantitative estimate of drug-likeness (QED) is 0.0371. The first-order valence-corrected chi connectivity index (χ1v) is 23.3.